The predicted molar refractivity (Wildman–Crippen MR) is 92.8 cm³/mol. The highest BCUT2D eigenvalue weighted by molar-refractivity contribution is 7.20. The molecule has 0 aliphatic carbocycles. The van der Waals surface area contributed by atoms with Crippen molar-refractivity contribution in [1.82, 2.24) is 5.32 Å². The van der Waals surface area contributed by atoms with Crippen LogP contribution in [0.25, 0.3) is 10.1 Å². The van der Waals surface area contributed by atoms with Crippen LogP contribution < -0.4 is 5.32 Å². The Morgan fingerprint density at radius 3 is 2.88 bits per heavy atom. The fourth-order valence-corrected chi connectivity index (χ4v) is 3.69. The molecule has 1 amide bonds. The van der Waals surface area contributed by atoms with Gasteiger partial charge in [0.05, 0.1) is 6.54 Å². The summed E-state index contributed by atoms with van der Waals surface area (Å²) in [6.07, 6.45) is -0.903. The molecule has 124 valence electrons. The van der Waals surface area contributed by atoms with E-state index >= 15 is 0 Å². The summed E-state index contributed by atoms with van der Waals surface area (Å²) in [6, 6.07) is 9.71. The first-order chi connectivity index (χ1) is 11.5. The van der Waals surface area contributed by atoms with Crippen molar-refractivity contribution in [2.45, 2.75) is 19.6 Å². The molecule has 0 spiro atoms. The Hall–Kier alpha value is -2.25. The zero-order chi connectivity index (χ0) is 17.1. The minimum Gasteiger partial charge on any atom is -0.448 e. The van der Waals surface area contributed by atoms with Crippen molar-refractivity contribution in [1.29, 1.82) is 0 Å². The Balaban J connectivity index is 1.61. The van der Waals surface area contributed by atoms with Gasteiger partial charge < -0.3 is 10.1 Å². The summed E-state index contributed by atoms with van der Waals surface area (Å²) < 4.78 is 19.2. The SMILES string of the molecule is C[C@@H](OC(=O)c1cc2cc(F)ccc2s1)C(=O)NCc1cccs1. The fraction of sp³-hybridized carbons (Fsp3) is 0.176. The lowest BCUT2D eigenvalue weighted by Gasteiger charge is -2.12. The highest BCUT2D eigenvalue weighted by atomic mass is 32.1. The maximum absolute atomic E-state index is 13.2. The molecular formula is C17H14FNO3S2. The molecule has 7 heteroatoms. The third-order valence-corrected chi connectivity index (χ3v) is 5.32. The lowest BCUT2D eigenvalue weighted by molar-refractivity contribution is -0.129. The molecule has 0 saturated heterocycles. The summed E-state index contributed by atoms with van der Waals surface area (Å²) in [4.78, 5) is 25.5. The number of nitrogens with one attached hydrogen (secondary N) is 1. The number of carbonyl (C=O) groups is 2. The molecule has 0 aliphatic rings. The Labute approximate surface area is 145 Å². The summed E-state index contributed by atoms with van der Waals surface area (Å²) in [5, 5.41) is 5.29. The molecule has 0 radical (unpaired) electrons. The number of carbonyl (C=O) groups excluding carboxylic acids is 2. The van der Waals surface area contributed by atoms with E-state index in [1.165, 1.54) is 41.7 Å². The van der Waals surface area contributed by atoms with Gasteiger partial charge in [0.1, 0.15) is 10.7 Å². The van der Waals surface area contributed by atoms with E-state index < -0.39 is 12.1 Å². The van der Waals surface area contributed by atoms with E-state index in [2.05, 4.69) is 5.32 Å². The number of hydrogen-bond donors (Lipinski definition) is 1. The molecule has 24 heavy (non-hydrogen) atoms. The van der Waals surface area contributed by atoms with Crippen molar-refractivity contribution < 1.29 is 18.7 Å². The van der Waals surface area contributed by atoms with Crippen LogP contribution >= 0.6 is 22.7 Å². The monoisotopic (exact) mass is 363 g/mol. The molecule has 2 aromatic heterocycles. The van der Waals surface area contributed by atoms with Crippen LogP contribution in [0.15, 0.2) is 41.8 Å². The average Bonchev–Trinajstić information content (AvgIpc) is 3.21. The highest BCUT2D eigenvalue weighted by Crippen LogP contribution is 2.27. The fourth-order valence-electron chi connectivity index (χ4n) is 2.12. The van der Waals surface area contributed by atoms with Crippen molar-refractivity contribution in [3.8, 4) is 0 Å². The number of fused-ring (bicyclic) bond motifs is 1. The zero-order valence-electron chi connectivity index (χ0n) is 12.7. The van der Waals surface area contributed by atoms with E-state index in [0.717, 1.165) is 9.58 Å². The van der Waals surface area contributed by atoms with E-state index in [1.54, 1.807) is 12.1 Å². The molecule has 3 aromatic rings. The molecule has 0 bridgehead atoms. The van der Waals surface area contributed by atoms with Gasteiger partial charge in [0.2, 0.25) is 0 Å². The number of benzene rings is 1. The first kappa shape index (κ1) is 16.6. The third kappa shape index (κ3) is 3.80. The van der Waals surface area contributed by atoms with E-state index in [0.29, 0.717) is 16.8 Å². The molecule has 1 atom stereocenters. The molecule has 3 rings (SSSR count). The van der Waals surface area contributed by atoms with Gasteiger partial charge in [-0.1, -0.05) is 6.07 Å². The normalized spacial score (nSPS) is 12.1. The van der Waals surface area contributed by atoms with Crippen LogP contribution in [-0.2, 0) is 16.1 Å². The molecule has 0 aliphatic heterocycles. The third-order valence-electron chi connectivity index (χ3n) is 3.35. The maximum atomic E-state index is 13.2. The van der Waals surface area contributed by atoms with Crippen molar-refractivity contribution in [3.63, 3.8) is 0 Å². The smallest absolute Gasteiger partial charge is 0.349 e. The minimum atomic E-state index is -0.903. The summed E-state index contributed by atoms with van der Waals surface area (Å²) >= 11 is 2.75. The van der Waals surface area contributed by atoms with Gasteiger partial charge in [-0.05, 0) is 48.0 Å². The van der Waals surface area contributed by atoms with Gasteiger partial charge in [-0.15, -0.1) is 22.7 Å². The molecular weight excluding hydrogens is 349 g/mol. The van der Waals surface area contributed by atoms with Gasteiger partial charge in [0.15, 0.2) is 6.10 Å². The first-order valence-electron chi connectivity index (χ1n) is 7.23. The standard InChI is InChI=1S/C17H14FNO3S2/c1-10(16(20)19-9-13-3-2-6-23-13)22-17(21)15-8-11-7-12(18)4-5-14(11)24-15/h2-8,10H,9H2,1H3,(H,19,20)/t10-/m1/s1. The van der Waals surface area contributed by atoms with E-state index in [-0.39, 0.29) is 11.7 Å². The van der Waals surface area contributed by atoms with Gasteiger partial charge >= 0.3 is 5.97 Å². The lowest BCUT2D eigenvalue weighted by Crippen LogP contribution is -2.35. The van der Waals surface area contributed by atoms with Crippen LogP contribution in [0, 0.1) is 5.82 Å². The van der Waals surface area contributed by atoms with Crippen molar-refractivity contribution in [2.24, 2.45) is 0 Å². The second-order valence-corrected chi connectivity index (χ2v) is 7.25. The predicted octanol–water partition coefficient (Wildman–Crippen LogP) is 3.96. The second-order valence-electron chi connectivity index (χ2n) is 5.14. The number of halogens is 1. The lowest BCUT2D eigenvalue weighted by atomic mass is 10.2. The van der Waals surface area contributed by atoms with Crippen molar-refractivity contribution in [2.75, 3.05) is 0 Å². The number of thiophene rings is 2. The molecule has 4 nitrogen and oxygen atoms in total. The Kier molecular flexibility index (Phi) is 4.92. The Bertz CT molecular complexity index is 873. The van der Waals surface area contributed by atoms with Gasteiger partial charge in [-0.2, -0.15) is 0 Å². The zero-order valence-corrected chi connectivity index (χ0v) is 14.4. The molecule has 2 heterocycles. The molecule has 1 aromatic carbocycles. The number of ether oxygens (including phenoxy) is 1. The van der Waals surface area contributed by atoms with E-state index in [9.17, 15) is 14.0 Å². The quantitative estimate of drug-likeness (QED) is 0.698. The molecule has 0 saturated carbocycles. The van der Waals surface area contributed by atoms with Crippen LogP contribution in [-0.4, -0.2) is 18.0 Å². The molecule has 1 N–H and O–H groups in total. The van der Waals surface area contributed by atoms with E-state index in [4.69, 9.17) is 4.74 Å². The summed E-state index contributed by atoms with van der Waals surface area (Å²) in [5.74, 6) is -1.30. The molecule has 0 fully saturated rings. The Morgan fingerprint density at radius 1 is 1.29 bits per heavy atom. The maximum Gasteiger partial charge on any atom is 0.349 e. The second kappa shape index (κ2) is 7.11. The van der Waals surface area contributed by atoms with Gasteiger partial charge in [-0.3, -0.25) is 4.79 Å². The highest BCUT2D eigenvalue weighted by Gasteiger charge is 2.20. The van der Waals surface area contributed by atoms with Gasteiger partial charge in [0.25, 0.3) is 5.91 Å². The number of hydrogen-bond acceptors (Lipinski definition) is 5. The average molecular weight is 363 g/mol. The Morgan fingerprint density at radius 2 is 2.12 bits per heavy atom. The molecule has 0 unspecified atom stereocenters. The van der Waals surface area contributed by atoms with Gasteiger partial charge in [0, 0.05) is 9.58 Å². The minimum absolute atomic E-state index is 0.341. The topological polar surface area (TPSA) is 55.4 Å². The summed E-state index contributed by atoms with van der Waals surface area (Å²) in [5.41, 5.74) is 0. The largest absolute Gasteiger partial charge is 0.448 e. The van der Waals surface area contributed by atoms with Crippen LogP contribution in [0.5, 0.6) is 0 Å². The summed E-state index contributed by atoms with van der Waals surface area (Å²) in [6.45, 7) is 1.93. The number of esters is 1. The summed E-state index contributed by atoms with van der Waals surface area (Å²) in [7, 11) is 0. The van der Waals surface area contributed by atoms with Crippen molar-refractivity contribution >= 4 is 44.6 Å². The van der Waals surface area contributed by atoms with Crippen LogP contribution in [0.3, 0.4) is 0 Å². The van der Waals surface area contributed by atoms with Crippen molar-refractivity contribution in [3.05, 3.63) is 57.3 Å². The first-order valence-corrected chi connectivity index (χ1v) is 8.93. The van der Waals surface area contributed by atoms with E-state index in [1.807, 2.05) is 17.5 Å². The van der Waals surface area contributed by atoms with Crippen LogP contribution in [0.2, 0.25) is 0 Å². The van der Waals surface area contributed by atoms with Crippen LogP contribution in [0.1, 0.15) is 21.5 Å². The number of rotatable bonds is 5. The van der Waals surface area contributed by atoms with Crippen LogP contribution in [0.4, 0.5) is 4.39 Å². The number of amides is 1. The van der Waals surface area contributed by atoms with Gasteiger partial charge in [-0.25, -0.2) is 9.18 Å².